The number of ether oxygens (including phenoxy) is 1. The lowest BCUT2D eigenvalue weighted by molar-refractivity contribution is -0.0349. The maximum Gasteiger partial charge on any atom is 0.259 e. The summed E-state index contributed by atoms with van der Waals surface area (Å²) in [7, 11) is -1.38. The molecule has 132 valence electrons. The third kappa shape index (κ3) is 4.21. The van der Waals surface area contributed by atoms with Gasteiger partial charge in [-0.15, -0.1) is 0 Å². The predicted molar refractivity (Wildman–Crippen MR) is 96.5 cm³/mol. The first kappa shape index (κ1) is 16.6. The van der Waals surface area contributed by atoms with Crippen LogP contribution in [0.4, 0.5) is 0 Å². The summed E-state index contributed by atoms with van der Waals surface area (Å²) in [6.07, 6.45) is -0.802. The quantitative estimate of drug-likeness (QED) is 0.352. The lowest BCUT2D eigenvalue weighted by atomic mass is 9.97. The van der Waals surface area contributed by atoms with Crippen molar-refractivity contribution in [2.75, 3.05) is 25.5 Å². The van der Waals surface area contributed by atoms with Crippen LogP contribution in [-0.4, -0.2) is 59.2 Å². The lowest BCUT2D eigenvalue weighted by Crippen LogP contribution is -2.42. The molecule has 2 rings (SSSR count). The molecule has 0 aliphatic carbocycles. The van der Waals surface area contributed by atoms with Crippen molar-refractivity contribution in [3.05, 3.63) is 11.4 Å². The van der Waals surface area contributed by atoms with Crippen LogP contribution < -0.4 is 0 Å². The smallest absolute Gasteiger partial charge is 0.259 e. The molecule has 0 spiro atoms. The molecule has 0 aromatic rings. The second-order valence-electron chi connectivity index (χ2n) is 6.32. The summed E-state index contributed by atoms with van der Waals surface area (Å²) in [5.41, 5.74) is -0.745. The molecule has 2 bridgehead atoms. The Balaban J connectivity index is 2.21. The molecule has 1 unspecified atom stereocenters. The minimum atomic E-state index is -1.38. The Morgan fingerprint density at radius 3 is 2.78 bits per heavy atom. The highest BCUT2D eigenvalue weighted by Gasteiger charge is 2.57. The van der Waals surface area contributed by atoms with Crippen LogP contribution in [0.5, 0.6) is 0 Å². The normalized spacial score (nSPS) is 37.1. The van der Waals surface area contributed by atoms with E-state index in [1.807, 2.05) is 6.92 Å². The van der Waals surface area contributed by atoms with Crippen molar-refractivity contribution < 1.29 is 16.5 Å². The molecule has 6 atom stereocenters. The Labute approximate surface area is 149 Å². The van der Waals surface area contributed by atoms with Gasteiger partial charge < -0.3 is 18.6 Å². The third-order valence-electron chi connectivity index (χ3n) is 4.05. The summed E-state index contributed by atoms with van der Waals surface area (Å²) in [6.45, 7) is 17.1. The number of thioether (sulfide) groups is 1. The fraction of sp³-hybridized carbons (Fsp3) is 0.938. The van der Waals surface area contributed by atoms with Crippen LogP contribution in [-0.2, 0) is 13.8 Å². The van der Waals surface area contributed by atoms with E-state index < -0.39 is 27.1 Å². The SMILES string of the molecule is [2H][C@@H](C)[C@@]12CS[C@@H]([C@@H]([3H])O1)[C@@H]2OP(OCC[N+]#[C-])N(C(C)C)C(C)C. The van der Waals surface area contributed by atoms with Gasteiger partial charge >= 0.3 is 0 Å². The number of rotatable bonds is 9. The average molecular weight is 363 g/mol. The third-order valence-corrected chi connectivity index (χ3v) is 7.52. The molecule has 2 fully saturated rings. The molecule has 2 saturated heterocycles. The van der Waals surface area contributed by atoms with E-state index in [4.69, 9.17) is 23.1 Å². The van der Waals surface area contributed by atoms with E-state index in [2.05, 4.69) is 37.2 Å². The minimum absolute atomic E-state index is 0.0940. The van der Waals surface area contributed by atoms with Crippen molar-refractivity contribution in [2.45, 2.75) is 70.1 Å². The van der Waals surface area contributed by atoms with Gasteiger partial charge in [-0.25, -0.2) is 11.2 Å². The van der Waals surface area contributed by atoms with Crippen molar-refractivity contribution >= 4 is 20.3 Å². The standard InChI is InChI=1S/C16H29N2O3PS/c1-7-16-11-23-14(10-19-16)15(16)21-22(20-9-8-17-6)18(12(2)3)13(4)5/h12-15H,7-11H2,1-5H3/t14-,15-,16-,22?/m0/s1/i7D,10T/t7-,10+,14-,15-,16-,22?. The molecular weight excluding hydrogens is 331 g/mol. The highest BCUT2D eigenvalue weighted by Crippen LogP contribution is 2.55. The number of hydrogen-bond acceptors (Lipinski definition) is 5. The molecule has 0 radical (unpaired) electrons. The van der Waals surface area contributed by atoms with Crippen LogP contribution in [0.1, 0.15) is 43.8 Å². The molecule has 0 saturated carbocycles. The van der Waals surface area contributed by atoms with Gasteiger partial charge in [0, 0.05) is 19.2 Å². The van der Waals surface area contributed by atoms with Gasteiger partial charge in [0.1, 0.15) is 18.3 Å². The van der Waals surface area contributed by atoms with Gasteiger partial charge in [-0.1, -0.05) is 6.92 Å². The average Bonchev–Trinajstić information content (AvgIpc) is 2.99. The first-order chi connectivity index (χ1) is 11.7. The van der Waals surface area contributed by atoms with E-state index in [0.29, 0.717) is 18.9 Å². The van der Waals surface area contributed by atoms with Crippen molar-refractivity contribution in [1.82, 2.24) is 4.67 Å². The minimum Gasteiger partial charge on any atom is -0.370 e. The van der Waals surface area contributed by atoms with E-state index in [9.17, 15) is 0 Å². The van der Waals surface area contributed by atoms with E-state index in [-0.39, 0.29) is 23.4 Å². The zero-order valence-corrected chi connectivity index (χ0v) is 16.3. The molecule has 5 nitrogen and oxygen atoms in total. The zero-order valence-electron chi connectivity index (χ0n) is 16.6. The van der Waals surface area contributed by atoms with E-state index in [1.54, 1.807) is 11.8 Å². The van der Waals surface area contributed by atoms with Crippen molar-refractivity contribution in [1.29, 1.82) is 0 Å². The van der Waals surface area contributed by atoms with Crippen LogP contribution in [0.15, 0.2) is 0 Å². The van der Waals surface area contributed by atoms with Crippen LogP contribution in [0.2, 0.25) is 0 Å². The zero-order chi connectivity index (χ0) is 18.8. The number of fused-ring (bicyclic) bond motifs is 2. The highest BCUT2D eigenvalue weighted by atomic mass is 32.2. The highest BCUT2D eigenvalue weighted by molar-refractivity contribution is 8.00. The predicted octanol–water partition coefficient (Wildman–Crippen LogP) is 3.95. The molecule has 7 heteroatoms. The molecule has 2 heterocycles. The van der Waals surface area contributed by atoms with Crippen molar-refractivity contribution in [2.24, 2.45) is 0 Å². The van der Waals surface area contributed by atoms with E-state index in [0.717, 1.165) is 0 Å². The molecular formula is C16H29N2O3PS. The summed E-state index contributed by atoms with van der Waals surface area (Å²) in [6, 6.07) is 0.450. The lowest BCUT2D eigenvalue weighted by Gasteiger charge is -2.38. The van der Waals surface area contributed by atoms with Crippen LogP contribution in [0.3, 0.4) is 0 Å². The summed E-state index contributed by atoms with van der Waals surface area (Å²) in [4.78, 5) is 3.36. The molecule has 2 aliphatic rings. The Hall–Kier alpha value is 0.110. The van der Waals surface area contributed by atoms with Gasteiger partial charge in [0.25, 0.3) is 8.53 Å². The maximum absolute atomic E-state index is 8.27. The molecule has 23 heavy (non-hydrogen) atoms. The van der Waals surface area contributed by atoms with E-state index in [1.165, 1.54) is 0 Å². The summed E-state index contributed by atoms with van der Waals surface area (Å²) < 4.78 is 36.9. The van der Waals surface area contributed by atoms with Crippen molar-refractivity contribution in [3.63, 3.8) is 0 Å². The maximum atomic E-state index is 8.27. The van der Waals surface area contributed by atoms with Crippen molar-refractivity contribution in [3.8, 4) is 0 Å². The van der Waals surface area contributed by atoms with Crippen LogP contribution in [0, 0.1) is 6.57 Å². The molecule has 0 N–H and O–H groups in total. The topological polar surface area (TPSA) is 35.3 Å². The Morgan fingerprint density at radius 1 is 1.57 bits per heavy atom. The summed E-state index contributed by atoms with van der Waals surface area (Å²) in [5.74, 6) is 0.678. The largest absolute Gasteiger partial charge is 0.370 e. The first-order valence-electron chi connectivity index (χ1n) is 9.25. The molecule has 0 aromatic heterocycles. The second kappa shape index (κ2) is 8.47. The van der Waals surface area contributed by atoms with Gasteiger partial charge in [0.05, 0.1) is 13.2 Å². The molecule has 0 aromatic carbocycles. The van der Waals surface area contributed by atoms with Crippen LogP contribution in [0.25, 0.3) is 4.85 Å². The summed E-state index contributed by atoms with van der Waals surface area (Å²) >= 11 is 1.66. The van der Waals surface area contributed by atoms with Gasteiger partial charge in [0.15, 0.2) is 0 Å². The fourth-order valence-electron chi connectivity index (χ4n) is 2.93. The van der Waals surface area contributed by atoms with Crippen LogP contribution >= 0.6 is 20.3 Å². The number of nitrogens with zero attached hydrogens (tertiary/aromatic N) is 2. The fourth-order valence-corrected chi connectivity index (χ4v) is 6.26. The van der Waals surface area contributed by atoms with Gasteiger partial charge in [-0.2, -0.15) is 11.8 Å². The molecule has 0 amide bonds. The molecule has 2 aliphatic heterocycles. The Kier molecular flexibility index (Phi) is 6.10. The monoisotopic (exact) mass is 363 g/mol. The van der Waals surface area contributed by atoms with Gasteiger partial charge in [-0.3, -0.25) is 0 Å². The second-order valence-corrected chi connectivity index (χ2v) is 8.89. The van der Waals surface area contributed by atoms with E-state index >= 15 is 0 Å². The Bertz CT molecular complexity index is 486. The van der Waals surface area contributed by atoms with Gasteiger partial charge in [0.2, 0.25) is 6.54 Å². The Morgan fingerprint density at radius 2 is 2.26 bits per heavy atom. The summed E-state index contributed by atoms with van der Waals surface area (Å²) in [5, 5.41) is -0.0940. The number of hydrogen-bond donors (Lipinski definition) is 0. The van der Waals surface area contributed by atoms with Gasteiger partial charge in [-0.05, 0) is 34.1 Å². The first-order valence-corrected chi connectivity index (χ1v) is 10.3.